The van der Waals surface area contributed by atoms with E-state index in [9.17, 15) is 9.59 Å². The van der Waals surface area contributed by atoms with Gasteiger partial charge in [-0.15, -0.1) is 11.8 Å². The van der Waals surface area contributed by atoms with E-state index in [-0.39, 0.29) is 11.8 Å². The molecular formula is C28H31ClN2O2S. The summed E-state index contributed by atoms with van der Waals surface area (Å²) in [6.07, 6.45) is 1.65. The SMILES string of the molecule is CCCNC(=O)C(Cc1ccccc1)N(Cc1ccccc1)C(=O)CCSc1ccc(Cl)cc1. The van der Waals surface area contributed by atoms with Gasteiger partial charge in [-0.1, -0.05) is 79.2 Å². The van der Waals surface area contributed by atoms with Crippen molar-refractivity contribution in [3.8, 4) is 0 Å². The minimum absolute atomic E-state index is 0.0297. The van der Waals surface area contributed by atoms with Crippen LogP contribution in [0.3, 0.4) is 0 Å². The summed E-state index contributed by atoms with van der Waals surface area (Å²) in [7, 11) is 0. The van der Waals surface area contributed by atoms with Crippen molar-refractivity contribution in [2.24, 2.45) is 0 Å². The number of benzene rings is 3. The van der Waals surface area contributed by atoms with Crippen molar-refractivity contribution in [3.05, 3.63) is 101 Å². The molecule has 34 heavy (non-hydrogen) atoms. The third-order valence-corrected chi connectivity index (χ3v) is 6.68. The standard InChI is InChI=1S/C28H31ClN2O2S/c1-2-18-30-28(33)26(20-22-9-5-3-6-10-22)31(21-23-11-7-4-8-12-23)27(32)17-19-34-25-15-13-24(29)14-16-25/h3-16,26H,2,17-21H2,1H3,(H,30,33). The maximum atomic E-state index is 13.5. The first-order valence-corrected chi connectivity index (χ1v) is 13.0. The molecule has 3 aromatic rings. The monoisotopic (exact) mass is 494 g/mol. The van der Waals surface area contributed by atoms with E-state index in [1.165, 1.54) is 0 Å². The molecule has 0 aromatic heterocycles. The maximum absolute atomic E-state index is 13.5. The van der Waals surface area contributed by atoms with E-state index in [4.69, 9.17) is 11.6 Å². The van der Waals surface area contributed by atoms with Crippen LogP contribution in [0.5, 0.6) is 0 Å². The normalized spacial score (nSPS) is 11.6. The lowest BCUT2D eigenvalue weighted by molar-refractivity contribution is -0.141. The van der Waals surface area contributed by atoms with Gasteiger partial charge in [0.15, 0.2) is 0 Å². The molecule has 0 aliphatic carbocycles. The van der Waals surface area contributed by atoms with Crippen LogP contribution in [0.25, 0.3) is 0 Å². The topological polar surface area (TPSA) is 49.4 Å². The number of nitrogens with zero attached hydrogens (tertiary/aromatic N) is 1. The predicted octanol–water partition coefficient (Wildman–Crippen LogP) is 5.99. The summed E-state index contributed by atoms with van der Waals surface area (Å²) in [6.45, 7) is 3.00. The van der Waals surface area contributed by atoms with Crippen molar-refractivity contribution < 1.29 is 9.59 Å². The Morgan fingerprint density at radius 3 is 2.15 bits per heavy atom. The number of carbonyl (C=O) groups excluding carboxylic acids is 2. The van der Waals surface area contributed by atoms with Gasteiger partial charge in [0.1, 0.15) is 6.04 Å². The fourth-order valence-electron chi connectivity index (χ4n) is 3.63. The Bertz CT molecular complexity index is 1030. The van der Waals surface area contributed by atoms with E-state index >= 15 is 0 Å². The molecule has 0 radical (unpaired) electrons. The zero-order valence-corrected chi connectivity index (χ0v) is 21.0. The van der Waals surface area contributed by atoms with Gasteiger partial charge < -0.3 is 10.2 Å². The van der Waals surface area contributed by atoms with E-state index in [1.54, 1.807) is 16.7 Å². The molecular weight excluding hydrogens is 464 g/mol. The second-order valence-corrected chi connectivity index (χ2v) is 9.66. The number of carbonyl (C=O) groups is 2. The molecule has 1 atom stereocenters. The highest BCUT2D eigenvalue weighted by atomic mass is 35.5. The molecule has 0 aliphatic rings. The van der Waals surface area contributed by atoms with Crippen molar-refractivity contribution in [1.29, 1.82) is 0 Å². The average Bonchev–Trinajstić information content (AvgIpc) is 2.87. The zero-order chi connectivity index (χ0) is 24.2. The Morgan fingerprint density at radius 2 is 1.53 bits per heavy atom. The number of hydrogen-bond donors (Lipinski definition) is 1. The number of thioether (sulfide) groups is 1. The smallest absolute Gasteiger partial charge is 0.243 e. The zero-order valence-electron chi connectivity index (χ0n) is 19.5. The van der Waals surface area contributed by atoms with Crippen LogP contribution in [0.2, 0.25) is 5.02 Å². The fourth-order valence-corrected chi connectivity index (χ4v) is 4.60. The van der Waals surface area contributed by atoms with Crippen LogP contribution >= 0.6 is 23.4 Å². The van der Waals surface area contributed by atoms with Crippen molar-refractivity contribution in [2.75, 3.05) is 12.3 Å². The van der Waals surface area contributed by atoms with Crippen LogP contribution in [0.1, 0.15) is 30.9 Å². The summed E-state index contributed by atoms with van der Waals surface area (Å²) in [6, 6.07) is 26.8. The second kappa shape index (κ2) is 13.8. The van der Waals surface area contributed by atoms with Crippen LogP contribution in [0.15, 0.2) is 89.8 Å². The first kappa shape index (κ1) is 25.9. The molecule has 1 unspecified atom stereocenters. The van der Waals surface area contributed by atoms with Gasteiger partial charge in [-0.25, -0.2) is 0 Å². The van der Waals surface area contributed by atoms with Crippen LogP contribution in [0.4, 0.5) is 0 Å². The lowest BCUT2D eigenvalue weighted by atomic mass is 10.0. The molecule has 0 saturated heterocycles. The largest absolute Gasteiger partial charge is 0.354 e. The minimum atomic E-state index is -0.581. The Morgan fingerprint density at radius 1 is 0.912 bits per heavy atom. The molecule has 4 nitrogen and oxygen atoms in total. The summed E-state index contributed by atoms with van der Waals surface area (Å²) in [5, 5.41) is 3.70. The molecule has 0 bridgehead atoms. The van der Waals surface area contributed by atoms with E-state index in [0.717, 1.165) is 22.4 Å². The summed E-state index contributed by atoms with van der Waals surface area (Å²) >= 11 is 7.59. The van der Waals surface area contributed by atoms with Gasteiger partial charge in [-0.3, -0.25) is 9.59 Å². The Balaban J connectivity index is 1.79. The van der Waals surface area contributed by atoms with Gasteiger partial charge >= 0.3 is 0 Å². The molecule has 0 spiro atoms. The molecule has 0 aliphatic heterocycles. The number of hydrogen-bond acceptors (Lipinski definition) is 3. The average molecular weight is 495 g/mol. The summed E-state index contributed by atoms with van der Waals surface area (Å²) < 4.78 is 0. The lowest BCUT2D eigenvalue weighted by Gasteiger charge is -2.31. The van der Waals surface area contributed by atoms with Crippen LogP contribution in [0, 0.1) is 0 Å². The second-order valence-electron chi connectivity index (χ2n) is 8.06. The first-order valence-electron chi connectivity index (χ1n) is 11.6. The molecule has 0 fully saturated rings. The predicted molar refractivity (Wildman–Crippen MR) is 141 cm³/mol. The van der Waals surface area contributed by atoms with E-state index in [0.29, 0.717) is 36.7 Å². The molecule has 0 saturated carbocycles. The Labute approximate surface area is 211 Å². The van der Waals surface area contributed by atoms with Gasteiger partial charge in [0.25, 0.3) is 0 Å². The molecule has 2 amide bonds. The van der Waals surface area contributed by atoms with Gasteiger partial charge in [-0.2, -0.15) is 0 Å². The number of nitrogens with one attached hydrogen (secondary N) is 1. The van der Waals surface area contributed by atoms with Gasteiger partial charge in [0.05, 0.1) is 0 Å². The van der Waals surface area contributed by atoms with E-state index < -0.39 is 6.04 Å². The highest BCUT2D eigenvalue weighted by molar-refractivity contribution is 7.99. The van der Waals surface area contributed by atoms with E-state index in [2.05, 4.69) is 5.32 Å². The quantitative estimate of drug-likeness (QED) is 0.315. The molecule has 0 heterocycles. The number of rotatable bonds is 12. The summed E-state index contributed by atoms with van der Waals surface area (Å²) in [5.74, 6) is 0.485. The summed E-state index contributed by atoms with van der Waals surface area (Å²) in [4.78, 5) is 29.6. The van der Waals surface area contributed by atoms with Crippen molar-refractivity contribution in [2.45, 2.75) is 43.7 Å². The lowest BCUT2D eigenvalue weighted by Crippen LogP contribution is -2.50. The third kappa shape index (κ3) is 8.23. The molecule has 6 heteroatoms. The van der Waals surface area contributed by atoms with Gasteiger partial charge in [0, 0.05) is 41.6 Å². The molecule has 3 rings (SSSR count). The third-order valence-electron chi connectivity index (χ3n) is 5.41. The summed E-state index contributed by atoms with van der Waals surface area (Å²) in [5.41, 5.74) is 2.03. The number of amides is 2. The highest BCUT2D eigenvalue weighted by Crippen LogP contribution is 2.22. The fraction of sp³-hybridized carbons (Fsp3) is 0.286. The first-order chi connectivity index (χ1) is 16.6. The van der Waals surface area contributed by atoms with Crippen molar-refractivity contribution in [3.63, 3.8) is 0 Å². The minimum Gasteiger partial charge on any atom is -0.354 e. The van der Waals surface area contributed by atoms with Crippen LogP contribution in [-0.4, -0.2) is 35.1 Å². The van der Waals surface area contributed by atoms with Crippen LogP contribution in [-0.2, 0) is 22.6 Å². The van der Waals surface area contributed by atoms with Crippen molar-refractivity contribution >= 4 is 35.2 Å². The maximum Gasteiger partial charge on any atom is 0.243 e. The van der Waals surface area contributed by atoms with Gasteiger partial charge in [-0.05, 0) is 41.8 Å². The Kier molecular flexibility index (Phi) is 10.5. The number of halogens is 1. The van der Waals surface area contributed by atoms with Crippen LogP contribution < -0.4 is 5.32 Å². The molecule has 178 valence electrons. The molecule has 1 N–H and O–H groups in total. The van der Waals surface area contributed by atoms with E-state index in [1.807, 2.05) is 91.9 Å². The van der Waals surface area contributed by atoms with Gasteiger partial charge in [0.2, 0.25) is 11.8 Å². The molecule has 3 aromatic carbocycles. The highest BCUT2D eigenvalue weighted by Gasteiger charge is 2.29. The van der Waals surface area contributed by atoms with Crippen molar-refractivity contribution in [1.82, 2.24) is 10.2 Å². The Hall–Kier alpha value is -2.76.